The van der Waals surface area contributed by atoms with Crippen LogP contribution in [-0.2, 0) is 0 Å². The number of alkyl halides is 1. The van der Waals surface area contributed by atoms with E-state index in [1.807, 2.05) is 0 Å². The molecule has 2 nitrogen and oxygen atoms in total. The molecule has 0 bridgehead atoms. The van der Waals surface area contributed by atoms with Gasteiger partial charge in [0.05, 0.1) is 16.5 Å². The Kier molecular flexibility index (Phi) is 3.38. The molecular formula is C8H8BrClO2. The highest BCUT2D eigenvalue weighted by molar-refractivity contribution is 9.10. The van der Waals surface area contributed by atoms with Crippen molar-refractivity contribution in [3.8, 4) is 5.75 Å². The maximum atomic E-state index is 9.36. The molecule has 0 aromatic heterocycles. The molecule has 0 saturated carbocycles. The minimum absolute atomic E-state index is 0.108. The Hall–Kier alpha value is -0.250. The summed E-state index contributed by atoms with van der Waals surface area (Å²) >= 11 is 8.61. The first-order valence-corrected chi connectivity index (χ1v) is 4.71. The van der Waals surface area contributed by atoms with E-state index in [2.05, 4.69) is 15.9 Å². The number of halogens is 2. The van der Waals surface area contributed by atoms with Crippen LogP contribution >= 0.6 is 27.5 Å². The number of benzene rings is 1. The third kappa shape index (κ3) is 1.91. The Morgan fingerprint density at radius 3 is 2.75 bits per heavy atom. The van der Waals surface area contributed by atoms with Crippen LogP contribution in [0.15, 0.2) is 22.7 Å². The minimum Gasteiger partial charge on any atom is -0.507 e. The van der Waals surface area contributed by atoms with Crippen LogP contribution in [0.5, 0.6) is 5.75 Å². The second kappa shape index (κ2) is 4.12. The highest BCUT2D eigenvalue weighted by Gasteiger charge is 2.11. The molecule has 0 aliphatic heterocycles. The monoisotopic (exact) mass is 250 g/mol. The van der Waals surface area contributed by atoms with Gasteiger partial charge >= 0.3 is 0 Å². The predicted molar refractivity (Wildman–Crippen MR) is 51.5 cm³/mol. The fourth-order valence-electron chi connectivity index (χ4n) is 0.878. The van der Waals surface area contributed by atoms with Crippen molar-refractivity contribution >= 4 is 27.5 Å². The molecule has 0 saturated heterocycles. The summed E-state index contributed by atoms with van der Waals surface area (Å²) in [5.74, 6) is 0.221. The Labute approximate surface area is 83.9 Å². The Morgan fingerprint density at radius 2 is 2.17 bits per heavy atom. The fraction of sp³-hybridized carbons (Fsp3) is 0.250. The van der Waals surface area contributed by atoms with Crippen molar-refractivity contribution in [3.05, 3.63) is 28.2 Å². The maximum absolute atomic E-state index is 9.36. The van der Waals surface area contributed by atoms with Crippen LogP contribution in [0.1, 0.15) is 11.7 Å². The molecule has 1 atom stereocenters. The Bertz CT molecular complexity index is 278. The lowest BCUT2D eigenvalue weighted by Crippen LogP contribution is -1.99. The first kappa shape index (κ1) is 9.84. The number of phenols is 1. The molecule has 0 amide bonds. The molecule has 0 aliphatic carbocycles. The van der Waals surface area contributed by atoms with Crippen LogP contribution in [0.25, 0.3) is 0 Å². The van der Waals surface area contributed by atoms with Crippen molar-refractivity contribution in [2.75, 3.05) is 5.88 Å². The average molecular weight is 252 g/mol. The third-order valence-corrected chi connectivity index (χ3v) is 2.67. The Morgan fingerprint density at radius 1 is 1.50 bits per heavy atom. The zero-order valence-electron chi connectivity index (χ0n) is 6.17. The molecule has 0 radical (unpaired) electrons. The van der Waals surface area contributed by atoms with E-state index in [4.69, 9.17) is 11.6 Å². The average Bonchev–Trinajstić information content (AvgIpc) is 2.08. The van der Waals surface area contributed by atoms with E-state index in [0.29, 0.717) is 10.0 Å². The van der Waals surface area contributed by atoms with E-state index < -0.39 is 6.10 Å². The smallest absolute Gasteiger partial charge is 0.130 e. The quantitative estimate of drug-likeness (QED) is 0.793. The van der Waals surface area contributed by atoms with Crippen molar-refractivity contribution < 1.29 is 10.2 Å². The molecule has 2 N–H and O–H groups in total. The molecule has 0 fully saturated rings. The van der Waals surface area contributed by atoms with Crippen molar-refractivity contribution in [1.29, 1.82) is 0 Å². The van der Waals surface area contributed by atoms with Crippen LogP contribution in [0.2, 0.25) is 0 Å². The summed E-state index contributed by atoms with van der Waals surface area (Å²) in [6, 6.07) is 4.90. The summed E-state index contributed by atoms with van der Waals surface area (Å²) in [5, 5.41) is 18.6. The van der Waals surface area contributed by atoms with Gasteiger partial charge in [-0.3, -0.25) is 0 Å². The van der Waals surface area contributed by atoms with E-state index in [-0.39, 0.29) is 11.6 Å². The first-order chi connectivity index (χ1) is 5.66. The third-order valence-electron chi connectivity index (χ3n) is 1.51. The molecule has 1 unspecified atom stereocenters. The van der Waals surface area contributed by atoms with Crippen molar-refractivity contribution in [2.24, 2.45) is 0 Å². The van der Waals surface area contributed by atoms with Crippen LogP contribution in [-0.4, -0.2) is 16.1 Å². The van der Waals surface area contributed by atoms with Gasteiger partial charge in [-0.15, -0.1) is 11.6 Å². The second-order valence-corrected chi connectivity index (χ2v) is 3.45. The standard InChI is InChI=1S/C8H8BrClO2/c9-8-5(7(12)4-10)2-1-3-6(8)11/h1-3,7,11-12H,4H2. The molecular weight excluding hydrogens is 243 g/mol. The fourth-order valence-corrected chi connectivity index (χ4v) is 1.57. The molecule has 1 aromatic rings. The lowest BCUT2D eigenvalue weighted by atomic mass is 10.1. The van der Waals surface area contributed by atoms with Gasteiger partial charge in [0.25, 0.3) is 0 Å². The summed E-state index contributed by atoms with van der Waals surface area (Å²) in [4.78, 5) is 0. The molecule has 66 valence electrons. The van der Waals surface area contributed by atoms with Crippen LogP contribution < -0.4 is 0 Å². The molecule has 0 aliphatic rings. The van der Waals surface area contributed by atoms with Crippen LogP contribution in [0.3, 0.4) is 0 Å². The van der Waals surface area contributed by atoms with Gasteiger partial charge in [0.1, 0.15) is 5.75 Å². The van der Waals surface area contributed by atoms with Gasteiger partial charge in [-0.25, -0.2) is 0 Å². The predicted octanol–water partition coefficient (Wildman–Crippen LogP) is 2.43. The normalized spacial score (nSPS) is 12.9. The molecule has 4 heteroatoms. The van der Waals surface area contributed by atoms with Gasteiger partial charge < -0.3 is 10.2 Å². The zero-order chi connectivity index (χ0) is 9.14. The van der Waals surface area contributed by atoms with Gasteiger partial charge in [-0.2, -0.15) is 0 Å². The van der Waals surface area contributed by atoms with Gasteiger partial charge in [0.15, 0.2) is 0 Å². The second-order valence-electron chi connectivity index (χ2n) is 2.35. The first-order valence-electron chi connectivity index (χ1n) is 3.38. The van der Waals surface area contributed by atoms with E-state index >= 15 is 0 Å². The number of aliphatic hydroxyl groups excluding tert-OH is 1. The van der Waals surface area contributed by atoms with Crippen molar-refractivity contribution in [2.45, 2.75) is 6.10 Å². The van der Waals surface area contributed by atoms with Gasteiger partial charge in [-0.05, 0) is 27.6 Å². The summed E-state index contributed by atoms with van der Waals surface area (Å²) in [6.45, 7) is 0. The minimum atomic E-state index is -0.742. The SMILES string of the molecule is Oc1cccc(C(O)CCl)c1Br. The summed E-state index contributed by atoms with van der Waals surface area (Å²) < 4.78 is 0.498. The summed E-state index contributed by atoms with van der Waals surface area (Å²) in [7, 11) is 0. The number of aliphatic hydroxyl groups is 1. The lowest BCUT2D eigenvalue weighted by Gasteiger charge is -2.09. The van der Waals surface area contributed by atoms with Crippen molar-refractivity contribution in [1.82, 2.24) is 0 Å². The Balaban J connectivity index is 3.07. The van der Waals surface area contributed by atoms with E-state index in [1.54, 1.807) is 12.1 Å². The van der Waals surface area contributed by atoms with Crippen LogP contribution in [0, 0.1) is 0 Å². The number of hydrogen-bond donors (Lipinski definition) is 2. The van der Waals surface area contributed by atoms with E-state index in [1.165, 1.54) is 6.07 Å². The molecule has 1 aromatic carbocycles. The number of hydrogen-bond acceptors (Lipinski definition) is 2. The molecule has 1 rings (SSSR count). The van der Waals surface area contributed by atoms with Crippen molar-refractivity contribution in [3.63, 3.8) is 0 Å². The van der Waals surface area contributed by atoms with Gasteiger partial charge in [0.2, 0.25) is 0 Å². The summed E-state index contributed by atoms with van der Waals surface area (Å²) in [5.41, 5.74) is 0.602. The lowest BCUT2D eigenvalue weighted by molar-refractivity contribution is 0.201. The molecule has 12 heavy (non-hydrogen) atoms. The number of phenolic OH excluding ortho intramolecular Hbond substituents is 1. The summed E-state index contributed by atoms with van der Waals surface area (Å²) in [6.07, 6.45) is -0.742. The number of aromatic hydroxyl groups is 1. The highest BCUT2D eigenvalue weighted by Crippen LogP contribution is 2.31. The van der Waals surface area contributed by atoms with E-state index in [0.717, 1.165) is 0 Å². The topological polar surface area (TPSA) is 40.5 Å². The maximum Gasteiger partial charge on any atom is 0.130 e. The molecule has 0 spiro atoms. The number of rotatable bonds is 2. The largest absolute Gasteiger partial charge is 0.507 e. The van der Waals surface area contributed by atoms with E-state index in [9.17, 15) is 10.2 Å². The zero-order valence-corrected chi connectivity index (χ0v) is 8.51. The van der Waals surface area contributed by atoms with Gasteiger partial charge in [0, 0.05) is 0 Å². The van der Waals surface area contributed by atoms with Gasteiger partial charge in [-0.1, -0.05) is 12.1 Å². The van der Waals surface area contributed by atoms with Crippen LogP contribution in [0.4, 0.5) is 0 Å². The highest BCUT2D eigenvalue weighted by atomic mass is 79.9. The molecule has 0 heterocycles.